The van der Waals surface area contributed by atoms with Gasteiger partial charge in [-0.1, -0.05) is 54.1 Å². The lowest BCUT2D eigenvalue weighted by molar-refractivity contribution is -0.121. The summed E-state index contributed by atoms with van der Waals surface area (Å²) in [5, 5.41) is 6.44. The van der Waals surface area contributed by atoms with Crippen LogP contribution >= 0.6 is 11.6 Å². The Kier molecular flexibility index (Phi) is 7.63. The number of carbonyl (C=O) groups excluding carboxylic acids is 2. The number of aromatic amines is 1. The largest absolute Gasteiger partial charge is 0.426 e. The van der Waals surface area contributed by atoms with Crippen molar-refractivity contribution in [3.05, 3.63) is 76.8 Å². The van der Waals surface area contributed by atoms with E-state index in [2.05, 4.69) is 38.8 Å². The zero-order chi connectivity index (χ0) is 28.4. The highest BCUT2D eigenvalue weighted by atomic mass is 35.5. The third kappa shape index (κ3) is 6.18. The maximum absolute atomic E-state index is 11.5. The van der Waals surface area contributed by atoms with Gasteiger partial charge in [-0.2, -0.15) is 4.98 Å². The molecule has 0 spiro atoms. The zero-order valence-corrected chi connectivity index (χ0v) is 23.7. The van der Waals surface area contributed by atoms with Crippen LogP contribution in [0.5, 0.6) is 11.8 Å². The molecule has 1 atom stereocenters. The van der Waals surface area contributed by atoms with Gasteiger partial charge < -0.3 is 20.4 Å². The van der Waals surface area contributed by atoms with Crippen LogP contribution in [0.25, 0.3) is 28.0 Å². The molecule has 4 aromatic rings. The average molecular weight is 558 g/mol. The van der Waals surface area contributed by atoms with Crippen LogP contribution in [0.1, 0.15) is 58.1 Å². The second-order valence-corrected chi connectivity index (χ2v) is 11.1. The van der Waals surface area contributed by atoms with Gasteiger partial charge in [-0.15, -0.1) is 0 Å². The van der Waals surface area contributed by atoms with E-state index >= 15 is 0 Å². The molecule has 9 heteroatoms. The second-order valence-electron chi connectivity index (χ2n) is 10.6. The molecule has 2 heterocycles. The maximum atomic E-state index is 11.5. The summed E-state index contributed by atoms with van der Waals surface area (Å²) in [6, 6.07) is 18.0. The summed E-state index contributed by atoms with van der Waals surface area (Å²) >= 11 is 6.62. The Hall–Kier alpha value is -4.17. The molecule has 2 amide bonds. The summed E-state index contributed by atoms with van der Waals surface area (Å²) in [7, 11) is 0. The maximum Gasteiger partial charge on any atom is 0.301 e. The third-order valence-electron chi connectivity index (χ3n) is 7.03. The van der Waals surface area contributed by atoms with E-state index in [-0.39, 0.29) is 17.9 Å². The summed E-state index contributed by atoms with van der Waals surface area (Å²) < 4.78 is 5.94. The SMILES string of the molecule is CC(=O)NC1CC=C(c2ccc(-c3nc4nc(Oc5ccc(C(C)(C)NC(C)=O)cc5)[nH]c4cc3Cl)cc2)CC1. The van der Waals surface area contributed by atoms with Crippen molar-refractivity contribution in [2.24, 2.45) is 0 Å². The number of imidazole rings is 1. The third-order valence-corrected chi connectivity index (χ3v) is 7.32. The number of allylic oxidation sites excluding steroid dienone is 1. The first-order valence-corrected chi connectivity index (χ1v) is 13.7. The molecule has 8 nitrogen and oxygen atoms in total. The van der Waals surface area contributed by atoms with E-state index < -0.39 is 5.54 Å². The Morgan fingerprint density at radius 3 is 2.33 bits per heavy atom. The molecule has 0 saturated carbocycles. The highest BCUT2D eigenvalue weighted by Crippen LogP contribution is 2.33. The van der Waals surface area contributed by atoms with Crippen molar-refractivity contribution in [1.29, 1.82) is 0 Å². The van der Waals surface area contributed by atoms with Crippen LogP contribution in [-0.2, 0) is 15.1 Å². The number of halogens is 1. The molecule has 0 radical (unpaired) electrons. The summed E-state index contributed by atoms with van der Waals surface area (Å²) in [4.78, 5) is 35.2. The van der Waals surface area contributed by atoms with Gasteiger partial charge >= 0.3 is 6.01 Å². The van der Waals surface area contributed by atoms with Gasteiger partial charge in [-0.25, -0.2) is 4.98 Å². The highest BCUT2D eigenvalue weighted by molar-refractivity contribution is 6.33. The van der Waals surface area contributed by atoms with Crippen molar-refractivity contribution < 1.29 is 14.3 Å². The molecule has 3 N–H and O–H groups in total. The molecular formula is C31H32ClN5O3. The first-order chi connectivity index (χ1) is 19.1. The second kappa shape index (κ2) is 11.1. The minimum atomic E-state index is -0.497. The number of rotatable bonds is 7. The fourth-order valence-corrected chi connectivity index (χ4v) is 5.33. The van der Waals surface area contributed by atoms with E-state index in [0.29, 0.717) is 33.6 Å². The fourth-order valence-electron chi connectivity index (χ4n) is 5.07. The molecule has 2 aromatic carbocycles. The number of hydrogen-bond acceptors (Lipinski definition) is 5. The van der Waals surface area contributed by atoms with Gasteiger partial charge in [0.2, 0.25) is 11.8 Å². The van der Waals surface area contributed by atoms with Crippen molar-refractivity contribution in [3.8, 4) is 23.0 Å². The Morgan fingerprint density at radius 2 is 1.70 bits per heavy atom. The minimum absolute atomic E-state index is 0.0150. The molecule has 0 bridgehead atoms. The van der Waals surface area contributed by atoms with Gasteiger partial charge in [-0.3, -0.25) is 9.59 Å². The molecule has 1 aliphatic carbocycles. The van der Waals surface area contributed by atoms with Crippen molar-refractivity contribution in [3.63, 3.8) is 0 Å². The lowest BCUT2D eigenvalue weighted by atomic mass is 9.90. The summed E-state index contributed by atoms with van der Waals surface area (Å²) in [6.07, 6.45) is 4.89. The number of pyridine rings is 1. The number of H-pyrrole nitrogens is 1. The van der Waals surface area contributed by atoms with Gasteiger partial charge in [0.15, 0.2) is 5.65 Å². The summed E-state index contributed by atoms with van der Waals surface area (Å²) in [5.74, 6) is 0.526. The van der Waals surface area contributed by atoms with Crippen LogP contribution < -0.4 is 15.4 Å². The predicted octanol–water partition coefficient (Wildman–Crippen LogP) is 6.51. The number of nitrogens with zero attached hydrogens (tertiary/aromatic N) is 2. The van der Waals surface area contributed by atoms with Crippen LogP contribution in [0.2, 0.25) is 5.02 Å². The Bertz CT molecular complexity index is 1590. The van der Waals surface area contributed by atoms with Crippen molar-refractivity contribution >= 4 is 40.2 Å². The zero-order valence-electron chi connectivity index (χ0n) is 23.0. The summed E-state index contributed by atoms with van der Waals surface area (Å²) in [6.45, 7) is 6.95. The van der Waals surface area contributed by atoms with Gasteiger partial charge in [0.1, 0.15) is 5.75 Å². The number of ether oxygens (including phenoxy) is 1. The van der Waals surface area contributed by atoms with E-state index in [1.54, 1.807) is 13.0 Å². The van der Waals surface area contributed by atoms with Crippen molar-refractivity contribution in [1.82, 2.24) is 25.6 Å². The Morgan fingerprint density at radius 1 is 1.00 bits per heavy atom. The minimum Gasteiger partial charge on any atom is -0.426 e. The molecule has 2 aromatic heterocycles. The van der Waals surface area contributed by atoms with Crippen molar-refractivity contribution in [2.45, 2.75) is 58.5 Å². The molecule has 1 unspecified atom stereocenters. The number of carbonyl (C=O) groups is 2. The van der Waals surface area contributed by atoms with Crippen LogP contribution in [0, 0.1) is 0 Å². The molecule has 5 rings (SSSR count). The number of nitrogens with one attached hydrogen (secondary N) is 3. The first-order valence-electron chi connectivity index (χ1n) is 13.3. The van der Waals surface area contributed by atoms with E-state index in [1.807, 2.05) is 50.2 Å². The van der Waals surface area contributed by atoms with Crippen LogP contribution in [0.4, 0.5) is 0 Å². The summed E-state index contributed by atoms with van der Waals surface area (Å²) in [5.41, 5.74) is 5.61. The Balaban J connectivity index is 1.31. The smallest absolute Gasteiger partial charge is 0.301 e. The molecule has 206 valence electrons. The normalized spacial score (nSPS) is 15.4. The topological polar surface area (TPSA) is 109 Å². The number of benzene rings is 2. The van der Waals surface area contributed by atoms with Gasteiger partial charge in [0.05, 0.1) is 21.8 Å². The predicted molar refractivity (Wildman–Crippen MR) is 157 cm³/mol. The van der Waals surface area contributed by atoms with Gasteiger partial charge in [0.25, 0.3) is 0 Å². The fraction of sp³-hybridized carbons (Fsp3) is 0.290. The molecule has 1 aliphatic rings. The van der Waals surface area contributed by atoms with E-state index in [9.17, 15) is 9.59 Å². The monoisotopic (exact) mass is 557 g/mol. The van der Waals surface area contributed by atoms with E-state index in [1.165, 1.54) is 12.5 Å². The lowest BCUT2D eigenvalue weighted by Crippen LogP contribution is -2.39. The van der Waals surface area contributed by atoms with Gasteiger partial charge in [0, 0.05) is 25.5 Å². The van der Waals surface area contributed by atoms with Gasteiger partial charge in [-0.05, 0) is 68.0 Å². The molecule has 0 aliphatic heterocycles. The first kappa shape index (κ1) is 27.4. The van der Waals surface area contributed by atoms with E-state index in [4.69, 9.17) is 21.3 Å². The van der Waals surface area contributed by atoms with E-state index in [0.717, 1.165) is 36.0 Å². The quantitative estimate of drug-likeness (QED) is 0.240. The number of amides is 2. The van der Waals surface area contributed by atoms with Crippen molar-refractivity contribution in [2.75, 3.05) is 0 Å². The molecular weight excluding hydrogens is 526 g/mol. The standard InChI is InChI=1S/C31H32ClN5O3/c1-18(38)33-24-13-9-21(10-14-24)20-5-7-22(8-6-20)28-26(32)17-27-29(35-28)36-30(34-27)40-25-15-11-23(12-16-25)31(3,4)37-19(2)39/h5-9,11-12,15-17,24H,10,13-14H2,1-4H3,(H,33,38)(H,37,39)(H,34,35,36). The van der Waals surface area contributed by atoms with Crippen LogP contribution in [-0.4, -0.2) is 32.8 Å². The number of fused-ring (bicyclic) bond motifs is 1. The highest BCUT2D eigenvalue weighted by Gasteiger charge is 2.21. The number of hydrogen-bond donors (Lipinski definition) is 3. The van der Waals surface area contributed by atoms with Crippen LogP contribution in [0.3, 0.4) is 0 Å². The molecule has 0 saturated heterocycles. The van der Waals surface area contributed by atoms with Crippen LogP contribution in [0.15, 0.2) is 60.7 Å². The molecule has 40 heavy (non-hydrogen) atoms. The Labute approximate surface area is 238 Å². The lowest BCUT2D eigenvalue weighted by Gasteiger charge is -2.26. The average Bonchev–Trinajstić information content (AvgIpc) is 3.29. The number of aromatic nitrogens is 3. The molecule has 0 fully saturated rings.